The van der Waals surface area contributed by atoms with Gasteiger partial charge >= 0.3 is 0 Å². The van der Waals surface area contributed by atoms with Crippen molar-refractivity contribution in [3.8, 4) is 0 Å². The average molecular weight is 276 g/mol. The smallest absolute Gasteiger partial charge is 0.254 e. The van der Waals surface area contributed by atoms with Crippen LogP contribution in [0.15, 0.2) is 12.3 Å². The predicted molar refractivity (Wildman–Crippen MR) is 74.3 cm³/mol. The van der Waals surface area contributed by atoms with E-state index >= 15 is 0 Å². The van der Waals surface area contributed by atoms with Gasteiger partial charge < -0.3 is 4.90 Å². The molecule has 15 heavy (non-hydrogen) atoms. The zero-order valence-electron chi connectivity index (χ0n) is 8.27. The first-order valence-corrected chi connectivity index (χ1v) is 11.0. The van der Waals surface area contributed by atoms with Gasteiger partial charge in [0.15, 0.2) is 0 Å². The van der Waals surface area contributed by atoms with Crippen molar-refractivity contribution in [1.29, 1.82) is 0 Å². The van der Waals surface area contributed by atoms with E-state index in [1.165, 1.54) is 0 Å². The molecule has 4 unspecified atom stereocenters. The van der Waals surface area contributed by atoms with Gasteiger partial charge in [0.25, 0.3) is 5.91 Å². The number of hydrogen-bond acceptors (Lipinski definition) is 2. The Morgan fingerprint density at radius 2 is 2.40 bits per heavy atom. The van der Waals surface area contributed by atoms with Gasteiger partial charge in [-0.1, -0.05) is 7.96 Å². The van der Waals surface area contributed by atoms with E-state index in [1.54, 1.807) is 11.1 Å². The van der Waals surface area contributed by atoms with Crippen molar-refractivity contribution in [2.45, 2.75) is 6.54 Å². The summed E-state index contributed by atoms with van der Waals surface area (Å²) in [6, 6.07) is 1.82. The van der Waals surface area contributed by atoms with Gasteiger partial charge in [0.05, 0.1) is 5.44 Å². The third kappa shape index (κ3) is 2.09. The summed E-state index contributed by atoms with van der Waals surface area (Å²) in [5.74, 6) is 0.120. The molecule has 3 nitrogen and oxygen atoms in total. The van der Waals surface area contributed by atoms with Crippen molar-refractivity contribution in [2.24, 2.45) is 0 Å². The van der Waals surface area contributed by atoms with Gasteiger partial charge in [-0.05, 0) is 13.4 Å². The molecule has 2 heterocycles. The van der Waals surface area contributed by atoms with Crippen LogP contribution >= 0.6 is 33.1 Å². The molecular weight excluding hydrogens is 264 g/mol. The fraction of sp³-hybridized carbons (Fsp3) is 0.250. The Balaban J connectivity index is 2.49. The number of carbonyl (C=O) groups is 1. The number of hydrogen-bond donors (Lipinski definition) is 0. The molecule has 7 heteroatoms. The van der Waals surface area contributed by atoms with Crippen molar-refractivity contribution in [3.63, 3.8) is 0 Å². The third-order valence-electron chi connectivity index (χ3n) is 2.37. The first-order valence-electron chi connectivity index (χ1n) is 4.39. The highest BCUT2D eigenvalue weighted by Crippen LogP contribution is 2.65. The van der Waals surface area contributed by atoms with Crippen LogP contribution in [0.25, 0.3) is 0 Å². The SMILES string of the molecule is CN1Cc2c(ccnc2P(P)PP)C1=O. The lowest BCUT2D eigenvalue weighted by Crippen LogP contribution is -2.17. The molecule has 0 aromatic carbocycles. The Morgan fingerprint density at radius 1 is 1.67 bits per heavy atom. The first kappa shape index (κ1) is 11.8. The van der Waals surface area contributed by atoms with Crippen molar-refractivity contribution in [2.75, 3.05) is 7.05 Å². The summed E-state index contributed by atoms with van der Waals surface area (Å²) in [5.41, 5.74) is 3.07. The molecule has 0 spiro atoms. The molecule has 1 amide bonds. The lowest BCUT2D eigenvalue weighted by atomic mass is 10.2. The normalized spacial score (nSPS) is 17.5. The summed E-state index contributed by atoms with van der Waals surface area (Å²) in [7, 11) is 7.92. The van der Waals surface area contributed by atoms with E-state index < -0.39 is 0 Å². The van der Waals surface area contributed by atoms with Crippen LogP contribution in [-0.2, 0) is 6.54 Å². The van der Waals surface area contributed by atoms with Gasteiger partial charge in [-0.15, -0.1) is 17.9 Å². The van der Waals surface area contributed by atoms with Gasteiger partial charge in [-0.25, -0.2) is 0 Å². The van der Waals surface area contributed by atoms with E-state index in [1.807, 2.05) is 13.1 Å². The Labute approximate surface area is 96.4 Å². The number of amides is 1. The maximum atomic E-state index is 11.8. The summed E-state index contributed by atoms with van der Waals surface area (Å²) < 4.78 is 0. The summed E-state index contributed by atoms with van der Waals surface area (Å²) in [6.45, 7) is 0.708. The molecule has 2 rings (SSSR count). The zero-order chi connectivity index (χ0) is 11.0. The molecule has 0 bridgehead atoms. The minimum Gasteiger partial charge on any atom is -0.337 e. The van der Waals surface area contributed by atoms with Crippen molar-refractivity contribution >= 4 is 44.5 Å². The molecule has 0 radical (unpaired) electrons. The average Bonchev–Trinajstić information content (AvgIpc) is 2.54. The molecule has 4 atom stereocenters. The third-order valence-corrected chi connectivity index (χ3v) is 12.2. The van der Waals surface area contributed by atoms with Crippen LogP contribution in [-0.4, -0.2) is 22.8 Å². The predicted octanol–water partition coefficient (Wildman–Crippen LogP) is 1.95. The Morgan fingerprint density at radius 3 is 3.07 bits per heavy atom. The van der Waals surface area contributed by atoms with Gasteiger partial charge in [-0.2, -0.15) is 0 Å². The standard InChI is InChI=1S/C8H12N2OP4/c1-10-4-6-5(8(10)11)2-3-9-7(6)15(13)14-12/h2-3,14H,4,12-13H2,1H3. The van der Waals surface area contributed by atoms with E-state index in [9.17, 15) is 4.79 Å². The fourth-order valence-corrected chi connectivity index (χ4v) is 5.13. The quantitative estimate of drug-likeness (QED) is 0.773. The summed E-state index contributed by atoms with van der Waals surface area (Å²) in [4.78, 5) is 17.9. The number of rotatable bonds is 2. The van der Waals surface area contributed by atoms with Crippen LogP contribution in [0, 0.1) is 0 Å². The first-order chi connectivity index (χ1) is 7.15. The number of aromatic nitrogens is 1. The molecule has 0 saturated carbocycles. The fourth-order valence-electron chi connectivity index (χ4n) is 1.62. The van der Waals surface area contributed by atoms with Crippen LogP contribution < -0.4 is 5.44 Å². The molecule has 1 aromatic rings. The van der Waals surface area contributed by atoms with Gasteiger partial charge in [0.2, 0.25) is 0 Å². The van der Waals surface area contributed by atoms with Crippen molar-refractivity contribution in [3.05, 3.63) is 23.4 Å². The minimum absolute atomic E-state index is 0.120. The van der Waals surface area contributed by atoms with E-state index in [4.69, 9.17) is 0 Å². The van der Waals surface area contributed by atoms with E-state index in [0.29, 0.717) is 6.54 Å². The number of pyridine rings is 1. The van der Waals surface area contributed by atoms with Crippen molar-refractivity contribution in [1.82, 2.24) is 9.88 Å². The topological polar surface area (TPSA) is 33.2 Å². The highest BCUT2D eigenvalue weighted by molar-refractivity contribution is 8.63. The van der Waals surface area contributed by atoms with E-state index in [2.05, 4.69) is 22.8 Å². The zero-order valence-corrected chi connectivity index (χ0v) is 12.5. The van der Waals surface area contributed by atoms with Crippen molar-refractivity contribution < 1.29 is 4.79 Å². The lowest BCUT2D eigenvalue weighted by Gasteiger charge is -2.11. The molecule has 1 aromatic heterocycles. The van der Waals surface area contributed by atoms with Gasteiger partial charge in [0, 0.05) is 30.9 Å². The second-order valence-corrected chi connectivity index (χ2v) is 12.4. The molecular formula is C8H12N2OP4. The van der Waals surface area contributed by atoms with Crippen LogP contribution in [0.3, 0.4) is 0 Å². The molecule has 80 valence electrons. The number of nitrogens with zero attached hydrogens (tertiary/aromatic N) is 2. The minimum atomic E-state index is -0.297. The molecule has 0 fully saturated rings. The maximum Gasteiger partial charge on any atom is 0.254 e. The Kier molecular flexibility index (Phi) is 3.69. The highest BCUT2D eigenvalue weighted by Gasteiger charge is 2.28. The second kappa shape index (κ2) is 4.68. The largest absolute Gasteiger partial charge is 0.337 e. The van der Waals surface area contributed by atoms with Crippen LogP contribution in [0.1, 0.15) is 15.9 Å². The maximum absolute atomic E-state index is 11.8. The number of fused-ring (bicyclic) bond motifs is 1. The van der Waals surface area contributed by atoms with Crippen LogP contribution in [0.5, 0.6) is 0 Å². The Bertz CT molecular complexity index is 412. The van der Waals surface area contributed by atoms with E-state index in [-0.39, 0.29) is 13.2 Å². The van der Waals surface area contributed by atoms with Crippen LogP contribution in [0.2, 0.25) is 0 Å². The lowest BCUT2D eigenvalue weighted by molar-refractivity contribution is 0.0816. The van der Waals surface area contributed by atoms with Gasteiger partial charge in [0.1, 0.15) is 0 Å². The van der Waals surface area contributed by atoms with Crippen LogP contribution in [0.4, 0.5) is 0 Å². The number of carbonyl (C=O) groups excluding carboxylic acids is 1. The second-order valence-electron chi connectivity index (χ2n) is 3.32. The van der Waals surface area contributed by atoms with E-state index in [0.717, 1.165) is 24.5 Å². The summed E-state index contributed by atoms with van der Waals surface area (Å²) in [5, 5.41) is 0. The highest BCUT2D eigenvalue weighted by atomic mass is 32.6. The summed E-state index contributed by atoms with van der Waals surface area (Å²) in [6.07, 6.45) is 1.75. The molecule has 0 saturated heterocycles. The molecule has 0 N–H and O–H groups in total. The monoisotopic (exact) mass is 276 g/mol. The Hall–Kier alpha value is 0.340. The molecule has 1 aliphatic rings. The molecule has 1 aliphatic heterocycles. The summed E-state index contributed by atoms with van der Waals surface area (Å²) >= 11 is 0. The molecule has 0 aliphatic carbocycles. The van der Waals surface area contributed by atoms with Gasteiger partial charge in [-0.3, -0.25) is 9.78 Å².